The summed E-state index contributed by atoms with van der Waals surface area (Å²) in [5, 5.41) is 9.61. The summed E-state index contributed by atoms with van der Waals surface area (Å²) in [6.45, 7) is 5.34. The predicted molar refractivity (Wildman–Crippen MR) is 134 cm³/mol. The quantitative estimate of drug-likeness (QED) is 0.519. The highest BCUT2D eigenvalue weighted by Gasteiger charge is 2.30. The predicted octanol–water partition coefficient (Wildman–Crippen LogP) is 3.94. The Labute approximate surface area is 200 Å². The van der Waals surface area contributed by atoms with Crippen LogP contribution in [-0.4, -0.2) is 63.9 Å². The Hall–Kier alpha value is -3.48. The third-order valence-electron chi connectivity index (χ3n) is 6.30. The van der Waals surface area contributed by atoms with Crippen LogP contribution in [0.1, 0.15) is 32.7 Å². The van der Waals surface area contributed by atoms with E-state index in [0.29, 0.717) is 30.9 Å². The number of allylic oxidation sites excluding steroid dienone is 1. The van der Waals surface area contributed by atoms with Crippen molar-refractivity contribution in [3.05, 3.63) is 101 Å². The van der Waals surface area contributed by atoms with Crippen LogP contribution in [0.25, 0.3) is 6.08 Å². The summed E-state index contributed by atoms with van der Waals surface area (Å²) in [5.41, 5.74) is 4.62. The molecule has 6 nitrogen and oxygen atoms in total. The average Bonchev–Trinajstić information content (AvgIpc) is 3.29. The van der Waals surface area contributed by atoms with Crippen LogP contribution in [0.4, 0.5) is 0 Å². The van der Waals surface area contributed by atoms with E-state index < -0.39 is 12.0 Å². The van der Waals surface area contributed by atoms with Crippen molar-refractivity contribution in [2.24, 2.45) is 0 Å². The number of likely N-dealkylation sites (N-methyl/N-ethyl adjacent to an activating group) is 1. The minimum absolute atomic E-state index is 0.0144. The fourth-order valence-corrected chi connectivity index (χ4v) is 4.34. The lowest BCUT2D eigenvalue weighted by molar-refractivity contribution is -0.145. The molecule has 4 rings (SSSR count). The average molecular weight is 458 g/mol. The first-order chi connectivity index (χ1) is 16.4. The number of nitrogens with zero attached hydrogens (tertiary/aromatic N) is 3. The largest absolute Gasteiger partial charge is 0.480 e. The maximum absolute atomic E-state index is 12.9. The second-order valence-corrected chi connectivity index (χ2v) is 8.98. The van der Waals surface area contributed by atoms with Gasteiger partial charge in [0.05, 0.1) is 5.69 Å². The summed E-state index contributed by atoms with van der Waals surface area (Å²) in [7, 11) is 1.96. The number of carboxylic acid groups (broad SMARTS) is 1. The summed E-state index contributed by atoms with van der Waals surface area (Å²) in [6.07, 6.45) is 6.00. The number of aryl methyl sites for hydroxylation is 1. The second kappa shape index (κ2) is 10.6. The number of carbonyl (C=O) groups excluding carboxylic acids is 1. The van der Waals surface area contributed by atoms with Gasteiger partial charge in [0.2, 0.25) is 5.78 Å². The Morgan fingerprint density at radius 2 is 1.85 bits per heavy atom. The standard InChI is InChI=1S/C28H31N3O3/c1-21-10-12-24(13-11-21)27(32)25-9-5-15-30(25)14-4-8-22-6-3-7-23(18-22)19-31-17-16-29(2)20-26(31)28(33)34/h3-13,15,18,26H,14,16-17,19-20H2,1-2H3,(H,33,34)/b8-4+. The van der Waals surface area contributed by atoms with Crippen LogP contribution in [0.15, 0.2) is 72.9 Å². The molecule has 2 aromatic carbocycles. The monoisotopic (exact) mass is 457 g/mol. The molecule has 0 radical (unpaired) electrons. The third-order valence-corrected chi connectivity index (χ3v) is 6.30. The van der Waals surface area contributed by atoms with E-state index in [9.17, 15) is 14.7 Å². The van der Waals surface area contributed by atoms with Crippen LogP contribution < -0.4 is 0 Å². The minimum atomic E-state index is -0.773. The van der Waals surface area contributed by atoms with Gasteiger partial charge in [0.25, 0.3) is 0 Å². The van der Waals surface area contributed by atoms with Crippen molar-refractivity contribution >= 4 is 17.8 Å². The molecule has 0 aliphatic carbocycles. The Bertz CT molecular complexity index is 1180. The van der Waals surface area contributed by atoms with Gasteiger partial charge in [0.1, 0.15) is 6.04 Å². The highest BCUT2D eigenvalue weighted by molar-refractivity contribution is 6.08. The lowest BCUT2D eigenvalue weighted by Gasteiger charge is -2.37. The molecule has 1 saturated heterocycles. The number of piperazine rings is 1. The number of carbonyl (C=O) groups is 2. The molecule has 1 fully saturated rings. The van der Waals surface area contributed by atoms with Crippen molar-refractivity contribution in [2.45, 2.75) is 26.1 Å². The zero-order valence-corrected chi connectivity index (χ0v) is 19.7. The van der Waals surface area contributed by atoms with E-state index in [1.165, 1.54) is 0 Å². The SMILES string of the molecule is Cc1ccc(C(=O)c2cccn2C/C=C/c2cccc(CN3CCN(C)CC3C(=O)O)c2)cc1. The minimum Gasteiger partial charge on any atom is -0.480 e. The molecule has 0 saturated carbocycles. The molecule has 1 unspecified atom stereocenters. The zero-order valence-electron chi connectivity index (χ0n) is 19.7. The molecule has 1 atom stereocenters. The van der Waals surface area contributed by atoms with Crippen LogP contribution in [-0.2, 0) is 17.9 Å². The summed E-state index contributed by atoms with van der Waals surface area (Å²) in [5.74, 6) is -0.758. The lowest BCUT2D eigenvalue weighted by atomic mass is 10.1. The fourth-order valence-electron chi connectivity index (χ4n) is 4.34. The van der Waals surface area contributed by atoms with Gasteiger partial charge in [-0.1, -0.05) is 66.2 Å². The second-order valence-electron chi connectivity index (χ2n) is 8.98. The lowest BCUT2D eigenvalue weighted by Crippen LogP contribution is -2.54. The van der Waals surface area contributed by atoms with Gasteiger partial charge < -0.3 is 14.6 Å². The van der Waals surface area contributed by atoms with Crippen LogP contribution >= 0.6 is 0 Å². The summed E-state index contributed by atoms with van der Waals surface area (Å²) >= 11 is 0. The van der Waals surface area contributed by atoms with Gasteiger partial charge in [-0.3, -0.25) is 14.5 Å². The molecule has 1 aliphatic rings. The van der Waals surface area contributed by atoms with Gasteiger partial charge in [-0.05, 0) is 37.2 Å². The van der Waals surface area contributed by atoms with Crippen LogP contribution in [0.2, 0.25) is 0 Å². The van der Waals surface area contributed by atoms with Gasteiger partial charge >= 0.3 is 5.97 Å². The van der Waals surface area contributed by atoms with E-state index in [4.69, 9.17) is 0 Å². The number of carboxylic acids is 1. The van der Waals surface area contributed by atoms with Crippen molar-refractivity contribution in [1.29, 1.82) is 0 Å². The smallest absolute Gasteiger partial charge is 0.322 e. The first-order valence-corrected chi connectivity index (χ1v) is 11.6. The van der Waals surface area contributed by atoms with E-state index in [-0.39, 0.29) is 5.78 Å². The Kier molecular flexibility index (Phi) is 7.40. The zero-order chi connectivity index (χ0) is 24.1. The maximum Gasteiger partial charge on any atom is 0.322 e. The number of aromatic nitrogens is 1. The summed E-state index contributed by atoms with van der Waals surface area (Å²) < 4.78 is 1.95. The highest BCUT2D eigenvalue weighted by atomic mass is 16.4. The van der Waals surface area contributed by atoms with E-state index >= 15 is 0 Å². The molecule has 1 N–H and O–H groups in total. The molecule has 34 heavy (non-hydrogen) atoms. The van der Waals surface area contributed by atoms with Gasteiger partial charge in [-0.15, -0.1) is 0 Å². The summed E-state index contributed by atoms with van der Waals surface area (Å²) in [6, 6.07) is 19.1. The van der Waals surface area contributed by atoms with E-state index in [1.807, 2.05) is 96.4 Å². The van der Waals surface area contributed by atoms with E-state index in [2.05, 4.69) is 11.0 Å². The van der Waals surface area contributed by atoms with Crippen LogP contribution in [0.5, 0.6) is 0 Å². The molecular weight excluding hydrogens is 426 g/mol. The first kappa shape index (κ1) is 23.7. The molecule has 2 heterocycles. The normalized spacial score (nSPS) is 17.3. The van der Waals surface area contributed by atoms with E-state index in [1.54, 1.807) is 0 Å². The number of hydrogen-bond donors (Lipinski definition) is 1. The van der Waals surface area contributed by atoms with Crippen molar-refractivity contribution < 1.29 is 14.7 Å². The first-order valence-electron chi connectivity index (χ1n) is 11.6. The topological polar surface area (TPSA) is 65.8 Å². The molecule has 3 aromatic rings. The van der Waals surface area contributed by atoms with Crippen LogP contribution in [0.3, 0.4) is 0 Å². The Morgan fingerprint density at radius 3 is 2.62 bits per heavy atom. The van der Waals surface area contributed by atoms with Crippen molar-refractivity contribution in [1.82, 2.24) is 14.4 Å². The van der Waals surface area contributed by atoms with Crippen molar-refractivity contribution in [3.8, 4) is 0 Å². The Balaban J connectivity index is 1.41. The number of aliphatic carboxylic acids is 1. The molecular formula is C28H31N3O3. The van der Waals surface area contributed by atoms with Gasteiger partial charge in [0.15, 0.2) is 0 Å². The third kappa shape index (κ3) is 5.71. The molecule has 176 valence electrons. The van der Waals surface area contributed by atoms with Crippen molar-refractivity contribution in [2.75, 3.05) is 26.7 Å². The van der Waals surface area contributed by atoms with Gasteiger partial charge in [-0.2, -0.15) is 0 Å². The molecule has 0 bridgehead atoms. The number of ketones is 1. The molecule has 6 heteroatoms. The van der Waals surface area contributed by atoms with Gasteiger partial charge in [0, 0.05) is 44.5 Å². The highest BCUT2D eigenvalue weighted by Crippen LogP contribution is 2.16. The number of benzene rings is 2. The van der Waals surface area contributed by atoms with Crippen molar-refractivity contribution in [3.63, 3.8) is 0 Å². The van der Waals surface area contributed by atoms with Crippen LogP contribution in [0, 0.1) is 6.92 Å². The maximum atomic E-state index is 12.9. The molecule has 1 aromatic heterocycles. The molecule has 0 spiro atoms. The fraction of sp³-hybridized carbons (Fsp3) is 0.286. The molecule has 1 aliphatic heterocycles. The van der Waals surface area contributed by atoms with Gasteiger partial charge in [-0.25, -0.2) is 0 Å². The summed E-state index contributed by atoms with van der Waals surface area (Å²) in [4.78, 5) is 28.7. The number of hydrogen-bond acceptors (Lipinski definition) is 4. The van der Waals surface area contributed by atoms with E-state index in [0.717, 1.165) is 29.8 Å². The number of rotatable bonds is 8. The molecule has 0 amide bonds. The Morgan fingerprint density at radius 1 is 1.06 bits per heavy atom.